The van der Waals surface area contributed by atoms with Crippen LogP contribution in [0.4, 0.5) is 4.39 Å². The predicted molar refractivity (Wildman–Crippen MR) is 137 cm³/mol. The van der Waals surface area contributed by atoms with Gasteiger partial charge in [0.15, 0.2) is 17.0 Å². The number of benzene rings is 1. The summed E-state index contributed by atoms with van der Waals surface area (Å²) < 4.78 is 20.4. The molecule has 5 rings (SSSR count). The molecular formula is C26H26FN7O5. The molecule has 0 aliphatic heterocycles. The molecule has 12 nitrogen and oxygen atoms in total. The third-order valence-corrected chi connectivity index (χ3v) is 6.86. The number of carbonyl (C=O) groups is 3. The van der Waals surface area contributed by atoms with Crippen LogP contribution in [0, 0.1) is 11.2 Å². The Balaban J connectivity index is 1.31. The quantitative estimate of drug-likeness (QED) is 0.280. The first-order valence-electron chi connectivity index (χ1n) is 12.3. The number of halogens is 1. The van der Waals surface area contributed by atoms with E-state index in [2.05, 4.69) is 31.0 Å². The Labute approximate surface area is 220 Å². The largest absolute Gasteiger partial charge is 0.417 e. The van der Waals surface area contributed by atoms with Crippen molar-refractivity contribution >= 4 is 34.5 Å². The van der Waals surface area contributed by atoms with Crippen LogP contribution in [-0.2, 0) is 11.3 Å². The lowest BCUT2D eigenvalue weighted by atomic mass is 9.76. The summed E-state index contributed by atoms with van der Waals surface area (Å²) in [6.45, 7) is 2.40. The standard InChI is InChI=1S/C26H26FN7O5/c1-26(7-5-15(6-8-26)22(35)28-2)13-30-24(37)19-10-18(32-21-16(27)12-31-34(19)21)23(36)29-11-14-3-4-20-17(9-14)33-25(38)39-20/h3-5,9-10,12H,6-8,11,13H2,1-2H3,(H,28,35)(H,29,36)(H,30,37)(H,33,38). The zero-order chi connectivity index (χ0) is 27.7. The van der Waals surface area contributed by atoms with Crippen LogP contribution in [0.25, 0.3) is 16.7 Å². The van der Waals surface area contributed by atoms with Gasteiger partial charge in [-0.3, -0.25) is 19.4 Å². The van der Waals surface area contributed by atoms with Crippen molar-refractivity contribution in [1.29, 1.82) is 0 Å². The Morgan fingerprint density at radius 2 is 2.00 bits per heavy atom. The first-order valence-corrected chi connectivity index (χ1v) is 12.3. The summed E-state index contributed by atoms with van der Waals surface area (Å²) in [6, 6.07) is 6.20. The summed E-state index contributed by atoms with van der Waals surface area (Å²) in [6.07, 6.45) is 4.69. The SMILES string of the molecule is CNC(=O)C1=CCC(C)(CNC(=O)c2cc(C(=O)NCc3ccc4oc(=O)[nH]c4c3)nc3c(F)cnn23)CC1. The van der Waals surface area contributed by atoms with E-state index in [1.807, 2.05) is 13.0 Å². The second-order valence-corrected chi connectivity index (χ2v) is 9.79. The summed E-state index contributed by atoms with van der Waals surface area (Å²) >= 11 is 0. The Hall–Kier alpha value is -4.81. The summed E-state index contributed by atoms with van der Waals surface area (Å²) in [7, 11) is 1.59. The topological polar surface area (TPSA) is 163 Å². The van der Waals surface area contributed by atoms with E-state index >= 15 is 0 Å². The molecule has 13 heteroatoms. The van der Waals surface area contributed by atoms with Gasteiger partial charge >= 0.3 is 5.76 Å². The van der Waals surface area contributed by atoms with Gasteiger partial charge in [-0.05, 0) is 42.4 Å². The normalized spacial score (nSPS) is 17.2. The summed E-state index contributed by atoms with van der Waals surface area (Å²) in [5.74, 6) is -2.64. The molecule has 0 bridgehead atoms. The number of H-pyrrole nitrogens is 1. The molecule has 1 aliphatic rings. The molecule has 3 amide bonds. The number of nitrogens with zero attached hydrogens (tertiary/aromatic N) is 3. The van der Waals surface area contributed by atoms with Crippen molar-refractivity contribution in [2.24, 2.45) is 5.41 Å². The number of likely N-dealkylation sites (N-methyl/N-ethyl adjacent to an activating group) is 1. The number of hydrogen-bond acceptors (Lipinski definition) is 7. The van der Waals surface area contributed by atoms with E-state index in [9.17, 15) is 23.6 Å². The molecule has 39 heavy (non-hydrogen) atoms. The van der Waals surface area contributed by atoms with Crippen molar-refractivity contribution in [3.63, 3.8) is 0 Å². The monoisotopic (exact) mass is 535 g/mol. The highest BCUT2D eigenvalue weighted by atomic mass is 19.1. The fraction of sp³-hybridized carbons (Fsp3) is 0.308. The van der Waals surface area contributed by atoms with Gasteiger partial charge < -0.3 is 20.4 Å². The maximum Gasteiger partial charge on any atom is 0.417 e. The molecular weight excluding hydrogens is 509 g/mol. The van der Waals surface area contributed by atoms with Crippen LogP contribution in [0.2, 0.25) is 0 Å². The maximum atomic E-state index is 14.4. The van der Waals surface area contributed by atoms with Crippen molar-refractivity contribution in [3.8, 4) is 0 Å². The number of fused-ring (bicyclic) bond motifs is 2. The number of rotatable bonds is 7. The van der Waals surface area contributed by atoms with Gasteiger partial charge in [0, 0.05) is 31.8 Å². The number of aromatic nitrogens is 4. The number of hydrogen-bond donors (Lipinski definition) is 4. The molecule has 0 fully saturated rings. The molecule has 1 aromatic carbocycles. The molecule has 0 spiro atoms. The van der Waals surface area contributed by atoms with Gasteiger partial charge in [-0.1, -0.05) is 19.1 Å². The second-order valence-electron chi connectivity index (χ2n) is 9.79. The molecule has 0 saturated heterocycles. The average Bonchev–Trinajstić information content (AvgIpc) is 3.50. The number of carbonyl (C=O) groups excluding carboxylic acids is 3. The van der Waals surface area contributed by atoms with Gasteiger partial charge in [-0.2, -0.15) is 5.10 Å². The van der Waals surface area contributed by atoms with Crippen molar-refractivity contribution in [2.45, 2.75) is 32.7 Å². The van der Waals surface area contributed by atoms with E-state index in [1.54, 1.807) is 25.2 Å². The zero-order valence-corrected chi connectivity index (χ0v) is 21.3. The third kappa shape index (κ3) is 5.28. The molecule has 1 unspecified atom stereocenters. The van der Waals surface area contributed by atoms with Gasteiger partial charge in [0.2, 0.25) is 5.91 Å². The minimum atomic E-state index is -0.779. The fourth-order valence-corrected chi connectivity index (χ4v) is 4.52. The molecule has 0 radical (unpaired) electrons. The number of allylic oxidation sites excluding steroid dienone is 1. The Kier molecular flexibility index (Phi) is 6.73. The Bertz CT molecular complexity index is 1700. The smallest absolute Gasteiger partial charge is 0.408 e. The van der Waals surface area contributed by atoms with Crippen LogP contribution in [0.5, 0.6) is 0 Å². The van der Waals surface area contributed by atoms with E-state index in [0.717, 1.165) is 16.3 Å². The first-order chi connectivity index (χ1) is 18.7. The zero-order valence-electron chi connectivity index (χ0n) is 21.3. The van der Waals surface area contributed by atoms with Crippen LogP contribution >= 0.6 is 0 Å². The van der Waals surface area contributed by atoms with Gasteiger partial charge in [0.1, 0.15) is 11.4 Å². The molecule has 1 aliphatic carbocycles. The van der Waals surface area contributed by atoms with Crippen LogP contribution in [0.15, 0.2) is 51.3 Å². The number of amides is 3. The molecule has 3 aromatic heterocycles. The lowest BCUT2D eigenvalue weighted by Crippen LogP contribution is -2.38. The fourth-order valence-electron chi connectivity index (χ4n) is 4.52. The lowest BCUT2D eigenvalue weighted by Gasteiger charge is -2.32. The second kappa shape index (κ2) is 10.2. The first kappa shape index (κ1) is 25.8. The van der Waals surface area contributed by atoms with Crippen molar-refractivity contribution in [2.75, 3.05) is 13.6 Å². The minimum Gasteiger partial charge on any atom is -0.408 e. The Morgan fingerprint density at radius 3 is 2.74 bits per heavy atom. The van der Waals surface area contributed by atoms with Crippen molar-refractivity contribution in [1.82, 2.24) is 35.5 Å². The summed E-state index contributed by atoms with van der Waals surface area (Å²) in [4.78, 5) is 56.0. The number of aromatic amines is 1. The molecule has 0 saturated carbocycles. The highest BCUT2D eigenvalue weighted by Crippen LogP contribution is 2.34. The summed E-state index contributed by atoms with van der Waals surface area (Å²) in [5.41, 5.74) is 1.52. The maximum absolute atomic E-state index is 14.4. The molecule has 3 heterocycles. The molecule has 202 valence electrons. The van der Waals surface area contributed by atoms with Crippen LogP contribution in [0.1, 0.15) is 52.7 Å². The third-order valence-electron chi connectivity index (χ3n) is 6.86. The average molecular weight is 536 g/mol. The van der Waals surface area contributed by atoms with Gasteiger partial charge in [0.25, 0.3) is 11.8 Å². The molecule has 4 N–H and O–H groups in total. The van der Waals surface area contributed by atoms with Crippen molar-refractivity contribution < 1.29 is 23.2 Å². The van der Waals surface area contributed by atoms with Gasteiger partial charge in [-0.15, -0.1) is 0 Å². The van der Waals surface area contributed by atoms with Crippen LogP contribution in [-0.4, -0.2) is 50.9 Å². The highest BCUT2D eigenvalue weighted by Gasteiger charge is 2.30. The van der Waals surface area contributed by atoms with Gasteiger partial charge in [-0.25, -0.2) is 18.7 Å². The van der Waals surface area contributed by atoms with Crippen LogP contribution in [0.3, 0.4) is 0 Å². The van der Waals surface area contributed by atoms with E-state index in [0.29, 0.717) is 42.5 Å². The van der Waals surface area contributed by atoms with E-state index in [-0.39, 0.29) is 34.9 Å². The van der Waals surface area contributed by atoms with Crippen LogP contribution < -0.4 is 21.7 Å². The lowest BCUT2D eigenvalue weighted by molar-refractivity contribution is -0.117. The number of nitrogens with one attached hydrogen (secondary N) is 4. The highest BCUT2D eigenvalue weighted by molar-refractivity contribution is 5.98. The van der Waals surface area contributed by atoms with E-state index in [4.69, 9.17) is 4.42 Å². The van der Waals surface area contributed by atoms with E-state index in [1.165, 1.54) is 6.07 Å². The molecule has 4 aromatic rings. The summed E-state index contributed by atoms with van der Waals surface area (Å²) in [5, 5.41) is 12.1. The van der Waals surface area contributed by atoms with Crippen molar-refractivity contribution in [3.05, 3.63) is 75.4 Å². The Morgan fingerprint density at radius 1 is 1.18 bits per heavy atom. The van der Waals surface area contributed by atoms with E-state index < -0.39 is 23.4 Å². The number of oxazole rings is 1. The molecule has 1 atom stereocenters. The minimum absolute atomic E-state index is 0.0487. The predicted octanol–water partition coefficient (Wildman–Crippen LogP) is 1.83. The van der Waals surface area contributed by atoms with Gasteiger partial charge in [0.05, 0.1) is 11.7 Å².